The van der Waals surface area contributed by atoms with Gasteiger partial charge in [-0.2, -0.15) is 0 Å². The summed E-state index contributed by atoms with van der Waals surface area (Å²) in [4.78, 5) is 19.1. The molecular weight excluding hydrogens is 277 g/mol. The number of carbonyl (C=O) groups excluding carboxylic acids is 1. The van der Waals surface area contributed by atoms with E-state index in [1.54, 1.807) is 29.7 Å². The van der Waals surface area contributed by atoms with Gasteiger partial charge in [-0.05, 0) is 18.2 Å². The van der Waals surface area contributed by atoms with Crippen molar-refractivity contribution >= 4 is 28.4 Å². The molecule has 4 nitrogen and oxygen atoms in total. The Morgan fingerprint density at radius 3 is 2.55 bits per heavy atom. The number of aromatic nitrogens is 1. The van der Waals surface area contributed by atoms with Crippen LogP contribution < -0.4 is 9.80 Å². The second kappa shape index (κ2) is 5.58. The van der Waals surface area contributed by atoms with E-state index < -0.39 is 0 Å². The van der Waals surface area contributed by atoms with Gasteiger partial charge in [0.15, 0.2) is 5.13 Å². The maximum Gasteiger partial charge on any atom is 0.185 e. The molecule has 6 heteroatoms. The van der Waals surface area contributed by atoms with Crippen LogP contribution in [0.4, 0.5) is 15.2 Å². The molecule has 0 atom stereocenters. The number of piperazine rings is 1. The number of carbonyl (C=O) groups is 1. The van der Waals surface area contributed by atoms with E-state index in [9.17, 15) is 9.18 Å². The molecule has 1 saturated heterocycles. The standard InChI is InChI=1S/C14H14FN3OS/c15-12-9-11(10-19)1-2-13(12)17-4-6-18(7-5-17)14-16-3-8-20-14/h1-3,8-10H,4-7H2. The minimum Gasteiger partial charge on any atom is -0.366 e. The van der Waals surface area contributed by atoms with Crippen LogP contribution in [-0.4, -0.2) is 37.4 Å². The molecule has 1 aromatic heterocycles. The van der Waals surface area contributed by atoms with E-state index in [4.69, 9.17) is 0 Å². The van der Waals surface area contributed by atoms with Crippen LogP contribution in [0.25, 0.3) is 0 Å². The summed E-state index contributed by atoms with van der Waals surface area (Å²) in [6, 6.07) is 4.62. The molecular formula is C14H14FN3OS. The van der Waals surface area contributed by atoms with Crippen molar-refractivity contribution in [2.75, 3.05) is 36.0 Å². The number of thiazole rings is 1. The van der Waals surface area contributed by atoms with Crippen molar-refractivity contribution in [1.82, 2.24) is 4.98 Å². The number of rotatable bonds is 3. The molecule has 2 heterocycles. The minimum atomic E-state index is -0.336. The van der Waals surface area contributed by atoms with Gasteiger partial charge in [0.1, 0.15) is 12.1 Å². The van der Waals surface area contributed by atoms with Crippen molar-refractivity contribution in [2.24, 2.45) is 0 Å². The summed E-state index contributed by atoms with van der Waals surface area (Å²) in [5.41, 5.74) is 0.932. The van der Waals surface area contributed by atoms with E-state index in [1.165, 1.54) is 6.07 Å². The highest BCUT2D eigenvalue weighted by Crippen LogP contribution is 2.24. The zero-order valence-corrected chi connectivity index (χ0v) is 11.6. The van der Waals surface area contributed by atoms with Crippen LogP contribution in [0.15, 0.2) is 29.8 Å². The molecule has 104 valence electrons. The summed E-state index contributed by atoms with van der Waals surface area (Å²) >= 11 is 1.62. The van der Waals surface area contributed by atoms with E-state index >= 15 is 0 Å². The first-order valence-corrected chi connectivity index (χ1v) is 7.30. The average molecular weight is 291 g/mol. The molecule has 1 fully saturated rings. The number of benzene rings is 1. The summed E-state index contributed by atoms with van der Waals surface area (Å²) in [6.07, 6.45) is 2.46. The summed E-state index contributed by atoms with van der Waals surface area (Å²) in [7, 11) is 0. The van der Waals surface area contributed by atoms with Gasteiger partial charge in [0.2, 0.25) is 0 Å². The largest absolute Gasteiger partial charge is 0.366 e. The monoisotopic (exact) mass is 291 g/mol. The zero-order chi connectivity index (χ0) is 13.9. The zero-order valence-electron chi connectivity index (χ0n) is 10.8. The van der Waals surface area contributed by atoms with Crippen molar-refractivity contribution in [3.63, 3.8) is 0 Å². The van der Waals surface area contributed by atoms with Crippen LogP contribution in [0.2, 0.25) is 0 Å². The molecule has 0 amide bonds. The van der Waals surface area contributed by atoms with Crippen LogP contribution >= 0.6 is 11.3 Å². The van der Waals surface area contributed by atoms with Crippen LogP contribution in [0.1, 0.15) is 10.4 Å². The van der Waals surface area contributed by atoms with Crippen LogP contribution in [0.3, 0.4) is 0 Å². The predicted molar refractivity (Wildman–Crippen MR) is 78.3 cm³/mol. The van der Waals surface area contributed by atoms with E-state index in [-0.39, 0.29) is 5.82 Å². The Bertz CT molecular complexity index is 594. The number of hydrogen-bond acceptors (Lipinski definition) is 5. The summed E-state index contributed by atoms with van der Waals surface area (Å²) in [6.45, 7) is 3.14. The Morgan fingerprint density at radius 1 is 1.20 bits per heavy atom. The molecule has 0 N–H and O–H groups in total. The lowest BCUT2D eigenvalue weighted by Crippen LogP contribution is -2.46. The van der Waals surface area contributed by atoms with Gasteiger partial charge in [-0.15, -0.1) is 11.3 Å². The molecule has 1 aliphatic rings. The third kappa shape index (κ3) is 2.51. The number of nitrogens with zero attached hydrogens (tertiary/aromatic N) is 3. The molecule has 0 bridgehead atoms. The molecule has 0 unspecified atom stereocenters. The fraction of sp³-hybridized carbons (Fsp3) is 0.286. The Morgan fingerprint density at radius 2 is 1.95 bits per heavy atom. The van der Waals surface area contributed by atoms with Gasteiger partial charge in [-0.25, -0.2) is 9.37 Å². The fourth-order valence-corrected chi connectivity index (χ4v) is 3.06. The third-order valence-electron chi connectivity index (χ3n) is 3.42. The number of halogens is 1. The molecule has 1 aromatic carbocycles. The van der Waals surface area contributed by atoms with E-state index in [0.29, 0.717) is 17.5 Å². The van der Waals surface area contributed by atoms with Gasteiger partial charge >= 0.3 is 0 Å². The highest BCUT2D eigenvalue weighted by molar-refractivity contribution is 7.13. The van der Waals surface area contributed by atoms with Crippen molar-refractivity contribution in [3.05, 3.63) is 41.2 Å². The van der Waals surface area contributed by atoms with Crippen LogP contribution in [0.5, 0.6) is 0 Å². The first-order valence-electron chi connectivity index (χ1n) is 6.42. The lowest BCUT2D eigenvalue weighted by atomic mass is 10.2. The van der Waals surface area contributed by atoms with Crippen molar-refractivity contribution in [1.29, 1.82) is 0 Å². The molecule has 0 radical (unpaired) electrons. The van der Waals surface area contributed by atoms with Gasteiger partial charge in [-0.3, -0.25) is 4.79 Å². The maximum atomic E-state index is 14.0. The number of hydrogen-bond donors (Lipinski definition) is 0. The Kier molecular flexibility index (Phi) is 3.64. The summed E-state index contributed by atoms with van der Waals surface area (Å²) in [5, 5.41) is 2.97. The normalized spacial score (nSPS) is 15.4. The lowest BCUT2D eigenvalue weighted by molar-refractivity contribution is 0.112. The predicted octanol–water partition coefficient (Wildman–Crippen LogP) is 2.42. The van der Waals surface area contributed by atoms with Crippen molar-refractivity contribution < 1.29 is 9.18 Å². The Labute approximate surface area is 120 Å². The fourth-order valence-electron chi connectivity index (χ4n) is 2.36. The molecule has 0 saturated carbocycles. The Hall–Kier alpha value is -1.95. The molecule has 20 heavy (non-hydrogen) atoms. The molecule has 0 aliphatic carbocycles. The van der Waals surface area contributed by atoms with Gasteiger partial charge in [0, 0.05) is 43.3 Å². The third-order valence-corrected chi connectivity index (χ3v) is 4.25. The SMILES string of the molecule is O=Cc1ccc(N2CCN(c3nccs3)CC2)c(F)c1. The highest BCUT2D eigenvalue weighted by Gasteiger charge is 2.20. The topological polar surface area (TPSA) is 36.4 Å². The maximum absolute atomic E-state index is 14.0. The smallest absolute Gasteiger partial charge is 0.185 e. The van der Waals surface area contributed by atoms with Crippen LogP contribution in [0, 0.1) is 5.82 Å². The second-order valence-corrected chi connectivity index (χ2v) is 5.49. The quantitative estimate of drug-likeness (QED) is 0.814. The summed E-state index contributed by atoms with van der Waals surface area (Å²) < 4.78 is 14.0. The molecule has 2 aromatic rings. The average Bonchev–Trinajstić information content (AvgIpc) is 3.01. The Balaban J connectivity index is 1.70. The minimum absolute atomic E-state index is 0.336. The lowest BCUT2D eigenvalue weighted by Gasteiger charge is -2.36. The molecule has 1 aliphatic heterocycles. The second-order valence-electron chi connectivity index (χ2n) is 4.62. The van der Waals surface area contributed by atoms with Gasteiger partial charge in [0.05, 0.1) is 5.69 Å². The number of anilines is 2. The molecule has 0 spiro atoms. The van der Waals surface area contributed by atoms with E-state index in [0.717, 1.165) is 31.3 Å². The summed E-state index contributed by atoms with van der Waals surface area (Å²) in [5.74, 6) is -0.336. The first-order chi connectivity index (χ1) is 9.78. The molecule has 3 rings (SSSR count). The van der Waals surface area contributed by atoms with E-state index in [2.05, 4.69) is 9.88 Å². The van der Waals surface area contributed by atoms with Crippen molar-refractivity contribution in [2.45, 2.75) is 0 Å². The first kappa shape index (κ1) is 13.1. The van der Waals surface area contributed by atoms with E-state index in [1.807, 2.05) is 10.3 Å². The van der Waals surface area contributed by atoms with Gasteiger partial charge in [0.25, 0.3) is 0 Å². The van der Waals surface area contributed by atoms with Gasteiger partial charge in [-0.1, -0.05) is 0 Å². The number of aldehydes is 1. The van der Waals surface area contributed by atoms with Gasteiger partial charge < -0.3 is 9.80 Å². The van der Waals surface area contributed by atoms with Crippen LogP contribution in [-0.2, 0) is 0 Å². The highest BCUT2D eigenvalue weighted by atomic mass is 32.1. The van der Waals surface area contributed by atoms with Crippen molar-refractivity contribution in [3.8, 4) is 0 Å².